The number of amides is 1. The number of hydrogen-bond donors (Lipinski definition) is 0. The van der Waals surface area contributed by atoms with Gasteiger partial charge in [-0.05, 0) is 123 Å². The number of halogens is 2. The zero-order valence-electron chi connectivity index (χ0n) is 31.9. The summed E-state index contributed by atoms with van der Waals surface area (Å²) in [6.07, 6.45) is 11.6. The van der Waals surface area contributed by atoms with Gasteiger partial charge in [-0.15, -0.1) is 0 Å². The van der Waals surface area contributed by atoms with E-state index in [0.29, 0.717) is 51.5 Å². The number of hydrogen-bond acceptors (Lipinski definition) is 9. The van der Waals surface area contributed by atoms with Gasteiger partial charge in [0.15, 0.2) is 11.6 Å². The summed E-state index contributed by atoms with van der Waals surface area (Å²) in [5, 5.41) is 2.16. The van der Waals surface area contributed by atoms with E-state index in [0.717, 1.165) is 51.6 Å². The lowest BCUT2D eigenvalue weighted by Gasteiger charge is -2.42. The maximum Gasteiger partial charge on any atom is 0.410 e. The summed E-state index contributed by atoms with van der Waals surface area (Å²) in [5.74, 6) is 0.228. The molecular formula is C42H48ClFN6O4. The van der Waals surface area contributed by atoms with Crippen LogP contribution in [0.15, 0.2) is 42.6 Å². The van der Waals surface area contributed by atoms with Crippen LogP contribution in [0.4, 0.5) is 15.0 Å². The third kappa shape index (κ3) is 6.67. The minimum Gasteiger partial charge on any atom is -0.444 e. The number of rotatable bonds is 5. The first-order valence-electron chi connectivity index (χ1n) is 19.1. The van der Waals surface area contributed by atoms with Crippen molar-refractivity contribution in [3.63, 3.8) is 0 Å². The van der Waals surface area contributed by atoms with Crippen molar-refractivity contribution in [1.29, 1.82) is 0 Å². The number of piperazine rings is 1. The molecule has 2 atom stereocenters. The van der Waals surface area contributed by atoms with E-state index < -0.39 is 22.8 Å². The Morgan fingerprint density at radius 2 is 1.70 bits per heavy atom. The lowest BCUT2D eigenvalue weighted by atomic mass is 9.93. The fourth-order valence-electron chi connectivity index (χ4n) is 8.76. The number of pyridine rings is 1. The van der Waals surface area contributed by atoms with Crippen LogP contribution in [-0.4, -0.2) is 86.2 Å². The largest absolute Gasteiger partial charge is 0.444 e. The van der Waals surface area contributed by atoms with Crippen molar-refractivity contribution in [3.05, 3.63) is 59.3 Å². The molecule has 0 radical (unpaired) electrons. The van der Waals surface area contributed by atoms with Crippen LogP contribution in [0.25, 0.3) is 39.0 Å². The summed E-state index contributed by atoms with van der Waals surface area (Å²) < 4.78 is 29.0. The molecule has 4 aromatic rings. The summed E-state index contributed by atoms with van der Waals surface area (Å²) in [7, 11) is 0. The van der Waals surface area contributed by atoms with Crippen LogP contribution in [0.2, 0.25) is 5.02 Å². The molecule has 2 aromatic carbocycles. The molecule has 0 N–H and O–H groups in total. The first-order valence-corrected chi connectivity index (χ1v) is 19.5. The van der Waals surface area contributed by atoms with Gasteiger partial charge in [0.2, 0.25) is 0 Å². The summed E-state index contributed by atoms with van der Waals surface area (Å²) in [5.41, 5.74) is -0.814. The highest BCUT2D eigenvalue weighted by molar-refractivity contribution is 6.36. The van der Waals surface area contributed by atoms with Gasteiger partial charge in [0.05, 0.1) is 22.9 Å². The van der Waals surface area contributed by atoms with Gasteiger partial charge in [-0.25, -0.2) is 19.2 Å². The Bertz CT molecular complexity index is 2170. The second-order valence-corrected chi connectivity index (χ2v) is 17.8. The van der Waals surface area contributed by atoms with Gasteiger partial charge >= 0.3 is 12.1 Å². The van der Waals surface area contributed by atoms with Gasteiger partial charge in [-0.2, -0.15) is 0 Å². The number of esters is 1. The van der Waals surface area contributed by atoms with Crippen molar-refractivity contribution < 1.29 is 23.5 Å². The normalized spacial score (nSPS) is 21.4. The van der Waals surface area contributed by atoms with Gasteiger partial charge in [0, 0.05) is 40.8 Å². The maximum absolute atomic E-state index is 17.3. The fraction of sp³-hybridized carbons (Fsp3) is 0.500. The fourth-order valence-corrected chi connectivity index (χ4v) is 9.05. The third-order valence-electron chi connectivity index (χ3n) is 11.3. The minimum absolute atomic E-state index is 0.0286. The van der Waals surface area contributed by atoms with E-state index in [9.17, 15) is 9.59 Å². The molecule has 12 heteroatoms. The first kappa shape index (κ1) is 36.6. The molecule has 4 saturated heterocycles. The molecule has 0 saturated carbocycles. The summed E-state index contributed by atoms with van der Waals surface area (Å²) in [6, 6.07) is 8.61. The van der Waals surface area contributed by atoms with Gasteiger partial charge in [0.1, 0.15) is 28.4 Å². The zero-order chi connectivity index (χ0) is 38.2. The number of carbonyl (C=O) groups excluding carboxylic acids is 2. The van der Waals surface area contributed by atoms with Gasteiger partial charge in [0.25, 0.3) is 0 Å². The summed E-state index contributed by atoms with van der Waals surface area (Å²) in [4.78, 5) is 47.5. The number of aromatic nitrogens is 3. The van der Waals surface area contributed by atoms with Crippen molar-refractivity contribution >= 4 is 57.2 Å². The maximum atomic E-state index is 17.3. The second-order valence-electron chi connectivity index (χ2n) is 17.3. The number of anilines is 1. The highest BCUT2D eigenvalue weighted by Crippen LogP contribution is 2.43. The molecule has 4 aliphatic heterocycles. The van der Waals surface area contributed by atoms with Crippen molar-refractivity contribution in [2.45, 2.75) is 103 Å². The molecule has 4 aliphatic rings. The molecule has 8 rings (SSSR count). The van der Waals surface area contributed by atoms with Gasteiger partial charge < -0.3 is 14.4 Å². The highest BCUT2D eigenvalue weighted by atomic mass is 35.5. The SMILES string of the molecule is CC(C)(C)OC(=O)N1[C@@H]2CC[C@H]1CN(c1nc(/C=C/C34CCCN3CCC4)nc3c(F)c(-c4cc(OC(=O)C(C)(C)C)cc5cccc(Cl)c45)ncc13)C2. The van der Waals surface area contributed by atoms with E-state index in [1.807, 2.05) is 37.8 Å². The number of carbonyl (C=O) groups is 2. The van der Waals surface area contributed by atoms with Crippen molar-refractivity contribution in [2.75, 3.05) is 31.1 Å². The minimum atomic E-state index is -0.751. The molecule has 1 amide bonds. The second kappa shape index (κ2) is 13.4. The average Bonchev–Trinajstić information content (AvgIpc) is 3.76. The quantitative estimate of drug-likeness (QED) is 0.146. The van der Waals surface area contributed by atoms with E-state index in [-0.39, 0.29) is 40.7 Å². The van der Waals surface area contributed by atoms with Gasteiger partial charge in [-0.3, -0.25) is 19.6 Å². The van der Waals surface area contributed by atoms with Crippen LogP contribution in [0.3, 0.4) is 0 Å². The van der Waals surface area contributed by atoms with Crippen molar-refractivity contribution in [1.82, 2.24) is 24.8 Å². The monoisotopic (exact) mass is 754 g/mol. The molecule has 0 spiro atoms. The topological polar surface area (TPSA) is 101 Å². The molecule has 2 aromatic heterocycles. The summed E-state index contributed by atoms with van der Waals surface area (Å²) >= 11 is 6.77. The molecule has 0 aliphatic carbocycles. The van der Waals surface area contributed by atoms with E-state index in [4.69, 9.17) is 36.0 Å². The molecular weight excluding hydrogens is 707 g/mol. The predicted octanol–water partition coefficient (Wildman–Crippen LogP) is 8.82. The van der Waals surface area contributed by atoms with Crippen LogP contribution in [-0.2, 0) is 9.53 Å². The Hall–Kier alpha value is -4.35. The van der Waals surface area contributed by atoms with E-state index in [1.165, 1.54) is 0 Å². The standard InChI is InChI=1S/C42H48ClFN6O4/c1-40(2,3)38(51)53-28-20-25-10-7-11-31(43)33(25)29(21-28)35-34(44)36-30(22-45-35)37(47-32(46-36)14-17-42-15-8-18-49(42)19-9-16-42)48-23-26-12-13-27(24-48)50(26)39(52)54-41(4,5)6/h7,10-11,14,17,20-22,26-27H,8-9,12-13,15-16,18-19,23-24H2,1-6H3/b17-14+/t26-,27+. The lowest BCUT2D eigenvalue weighted by Crippen LogP contribution is -2.57. The average molecular weight is 755 g/mol. The zero-order valence-corrected chi connectivity index (χ0v) is 32.7. The van der Waals surface area contributed by atoms with Crippen LogP contribution < -0.4 is 9.64 Å². The molecule has 4 fully saturated rings. The molecule has 6 heterocycles. The smallest absolute Gasteiger partial charge is 0.410 e. The molecule has 284 valence electrons. The van der Waals surface area contributed by atoms with E-state index in [2.05, 4.69) is 15.9 Å². The Balaban J connectivity index is 1.25. The molecule has 54 heavy (non-hydrogen) atoms. The molecule has 2 bridgehead atoms. The number of ether oxygens (including phenoxy) is 2. The number of fused-ring (bicyclic) bond motifs is 5. The Morgan fingerprint density at radius 1 is 1.00 bits per heavy atom. The number of nitrogens with zero attached hydrogens (tertiary/aromatic N) is 6. The Kier molecular flexibility index (Phi) is 9.12. The molecule has 10 nitrogen and oxygen atoms in total. The van der Waals surface area contributed by atoms with Crippen molar-refractivity contribution in [2.24, 2.45) is 5.41 Å². The first-order chi connectivity index (χ1) is 25.6. The number of benzene rings is 2. The van der Waals surface area contributed by atoms with E-state index >= 15 is 4.39 Å². The van der Waals surface area contributed by atoms with Crippen LogP contribution in [0.1, 0.15) is 85.9 Å². The van der Waals surface area contributed by atoms with Gasteiger partial charge in [-0.1, -0.05) is 29.8 Å². The lowest BCUT2D eigenvalue weighted by molar-refractivity contribution is -0.142. The predicted molar refractivity (Wildman–Crippen MR) is 209 cm³/mol. The van der Waals surface area contributed by atoms with Crippen LogP contribution in [0, 0.1) is 11.2 Å². The highest BCUT2D eigenvalue weighted by Gasteiger charge is 2.45. The van der Waals surface area contributed by atoms with E-state index in [1.54, 1.807) is 51.2 Å². The Labute approximate surface area is 320 Å². The van der Waals surface area contributed by atoms with Crippen LogP contribution >= 0.6 is 11.6 Å². The summed E-state index contributed by atoms with van der Waals surface area (Å²) in [6.45, 7) is 14.2. The Morgan fingerprint density at radius 3 is 2.37 bits per heavy atom. The van der Waals surface area contributed by atoms with Crippen LogP contribution in [0.5, 0.6) is 5.75 Å². The third-order valence-corrected chi connectivity index (χ3v) is 11.6. The molecule has 0 unspecified atom stereocenters. The van der Waals surface area contributed by atoms with Crippen molar-refractivity contribution in [3.8, 4) is 17.0 Å².